The number of carbonyl (C=O) groups is 5. The maximum atomic E-state index is 17.3. The Morgan fingerprint density at radius 2 is 1.65 bits per heavy atom. The minimum atomic E-state index is -0.783. The Hall–Kier alpha value is -7.12. The number of urea groups is 1. The first-order valence-electron chi connectivity index (χ1n) is 26.9. The van der Waals surface area contributed by atoms with Crippen LogP contribution in [-0.4, -0.2) is 119 Å². The van der Waals surface area contributed by atoms with Gasteiger partial charge in [0, 0.05) is 86.1 Å². The molecule has 5 aromatic carbocycles. The predicted octanol–water partition coefficient (Wildman–Crippen LogP) is 11.6. The maximum absolute atomic E-state index is 17.3. The van der Waals surface area contributed by atoms with Crippen molar-refractivity contribution < 1.29 is 42.9 Å². The molecule has 8 rings (SSSR count). The van der Waals surface area contributed by atoms with E-state index < -0.39 is 40.6 Å². The summed E-state index contributed by atoms with van der Waals surface area (Å²) in [4.78, 5) is 77.4. The third kappa shape index (κ3) is 15.0. The molecular formula is C60H72Cl2FN9O8. The van der Waals surface area contributed by atoms with Crippen LogP contribution < -0.4 is 26.2 Å². The summed E-state index contributed by atoms with van der Waals surface area (Å²) in [5.74, 6) is -0.824. The smallest absolute Gasteiger partial charge is 0.410 e. The van der Waals surface area contributed by atoms with Gasteiger partial charge in [0.25, 0.3) is 0 Å². The number of rotatable bonds is 17. The number of hydrogen-bond donors (Lipinski definition) is 5. The number of nitrogens with one attached hydrogen (secondary N) is 4. The van der Waals surface area contributed by atoms with E-state index in [0.717, 1.165) is 17.4 Å². The van der Waals surface area contributed by atoms with Gasteiger partial charge in [-0.25, -0.2) is 19.0 Å². The number of phenolic OH excluding ortho intramolecular Hbond substituents is 1. The first-order chi connectivity index (χ1) is 37.9. The molecular weight excluding hydrogens is 1060 g/mol. The predicted molar refractivity (Wildman–Crippen MR) is 313 cm³/mol. The van der Waals surface area contributed by atoms with Crippen molar-refractivity contribution in [1.29, 1.82) is 0 Å². The summed E-state index contributed by atoms with van der Waals surface area (Å²) in [6.45, 7) is 19.8. The zero-order valence-electron chi connectivity index (χ0n) is 47.1. The summed E-state index contributed by atoms with van der Waals surface area (Å²) in [6, 6.07) is 21.7. The van der Waals surface area contributed by atoms with E-state index in [0.29, 0.717) is 95.0 Å². The van der Waals surface area contributed by atoms with Gasteiger partial charge >= 0.3 is 12.1 Å². The number of phenols is 1. The summed E-state index contributed by atoms with van der Waals surface area (Å²) in [6.07, 6.45) is 1.51. The van der Waals surface area contributed by atoms with E-state index in [9.17, 15) is 29.1 Å². The number of amides is 5. The van der Waals surface area contributed by atoms with Crippen LogP contribution >= 0.6 is 23.2 Å². The molecule has 2 aliphatic heterocycles. The normalized spacial score (nSPS) is 15.1. The van der Waals surface area contributed by atoms with E-state index in [2.05, 4.69) is 35.1 Å². The van der Waals surface area contributed by atoms with Crippen LogP contribution in [0.3, 0.4) is 0 Å². The second-order valence-corrected chi connectivity index (χ2v) is 23.0. The Kier molecular flexibility index (Phi) is 19.3. The van der Waals surface area contributed by atoms with Gasteiger partial charge in [0.15, 0.2) is 5.82 Å². The molecule has 20 heteroatoms. The lowest BCUT2D eigenvalue weighted by atomic mass is 9.81. The zero-order valence-corrected chi connectivity index (χ0v) is 48.6. The molecule has 3 heterocycles. The number of fused-ring (bicyclic) bond motifs is 2. The average Bonchev–Trinajstić information content (AvgIpc) is 3.44. The maximum Gasteiger partial charge on any atom is 0.410 e. The van der Waals surface area contributed by atoms with Gasteiger partial charge in [0.2, 0.25) is 17.8 Å². The standard InChI is InChI=1S/C58H66Cl2FN9O8.C2H6/c1-56(2,3)78-55(76)70-20-18-69(19-21-70)51-44-29-45(60)48(43-28-41(72)24-35-11-9-10-12-42(35)43)49(61)50(44)66-53(67-51)63-33-58(6,7)77-22-17-57(4,5)38-25-39(59)27-40(26-38)64-54(75)62-30-34-13-14-36(32-71)37(23-34)31-68(8)46-15-16-47(73)65-52(46)74;1-2/h9-14,23-29,32,46,72H,15-22,30-31,33H2,1-8H3,(H2,62,64,75)(H,63,66,67)(H,65,73,74);1-2H3. The van der Waals surface area contributed by atoms with Crippen LogP contribution in [0.2, 0.25) is 10.0 Å². The number of piperazine rings is 1. The number of aromatic hydroxyl groups is 1. The van der Waals surface area contributed by atoms with Gasteiger partial charge in [-0.15, -0.1) is 0 Å². The van der Waals surface area contributed by atoms with Crippen LogP contribution in [0.25, 0.3) is 32.8 Å². The number of imide groups is 1. The van der Waals surface area contributed by atoms with Crippen molar-refractivity contribution in [2.75, 3.05) is 61.9 Å². The number of aldehydes is 1. The van der Waals surface area contributed by atoms with E-state index in [1.165, 1.54) is 6.07 Å². The number of hydrogen-bond acceptors (Lipinski definition) is 13. The van der Waals surface area contributed by atoms with Crippen LogP contribution in [0, 0.1) is 5.82 Å². The summed E-state index contributed by atoms with van der Waals surface area (Å²) in [7, 11) is 1.76. The molecule has 0 bridgehead atoms. The zero-order chi connectivity index (χ0) is 58.3. The van der Waals surface area contributed by atoms with Crippen molar-refractivity contribution in [2.45, 2.75) is 117 Å². The third-order valence-corrected chi connectivity index (χ3v) is 14.5. The highest BCUT2D eigenvalue weighted by Crippen LogP contribution is 2.43. The summed E-state index contributed by atoms with van der Waals surface area (Å²) >= 11 is 13.6. The largest absolute Gasteiger partial charge is 0.508 e. The highest BCUT2D eigenvalue weighted by Gasteiger charge is 2.32. The molecule has 6 aromatic rings. The number of ether oxygens (including phenoxy) is 2. The van der Waals surface area contributed by atoms with Crippen LogP contribution in [0.5, 0.6) is 5.75 Å². The molecule has 5 amide bonds. The monoisotopic (exact) mass is 1140 g/mol. The number of carbonyl (C=O) groups excluding carboxylic acids is 5. The number of piperidine rings is 1. The van der Waals surface area contributed by atoms with Crippen molar-refractivity contribution in [1.82, 2.24) is 30.4 Å². The van der Waals surface area contributed by atoms with Crippen molar-refractivity contribution >= 4 is 92.6 Å². The summed E-state index contributed by atoms with van der Waals surface area (Å²) in [5.41, 5.74) is 1.82. The van der Waals surface area contributed by atoms with E-state index in [1.807, 2.05) is 95.8 Å². The van der Waals surface area contributed by atoms with Crippen molar-refractivity contribution in [3.63, 3.8) is 0 Å². The van der Waals surface area contributed by atoms with Crippen molar-refractivity contribution in [3.8, 4) is 16.9 Å². The molecule has 1 atom stereocenters. The van der Waals surface area contributed by atoms with Crippen molar-refractivity contribution in [3.05, 3.63) is 117 Å². The molecule has 426 valence electrons. The number of benzene rings is 5. The lowest BCUT2D eigenvalue weighted by Crippen LogP contribution is -2.51. The molecule has 2 aliphatic rings. The molecule has 0 aliphatic carbocycles. The molecule has 80 heavy (non-hydrogen) atoms. The van der Waals surface area contributed by atoms with Crippen LogP contribution in [0.15, 0.2) is 78.9 Å². The lowest BCUT2D eigenvalue weighted by molar-refractivity contribution is -0.137. The molecule has 2 fully saturated rings. The van der Waals surface area contributed by atoms with Gasteiger partial charge in [-0.2, -0.15) is 4.98 Å². The van der Waals surface area contributed by atoms with Crippen LogP contribution in [0.4, 0.5) is 31.4 Å². The fraction of sp³-hybridized carbons (Fsp3) is 0.417. The highest BCUT2D eigenvalue weighted by atomic mass is 35.5. The number of halogens is 3. The summed E-state index contributed by atoms with van der Waals surface area (Å²) < 4.78 is 29.4. The minimum Gasteiger partial charge on any atom is -0.508 e. The lowest BCUT2D eigenvalue weighted by Gasteiger charge is -2.36. The van der Waals surface area contributed by atoms with Gasteiger partial charge in [-0.3, -0.25) is 24.6 Å². The molecule has 5 N–H and O–H groups in total. The molecule has 0 saturated carbocycles. The second kappa shape index (κ2) is 25.6. The van der Waals surface area contributed by atoms with Crippen LogP contribution in [-0.2, 0) is 37.6 Å². The van der Waals surface area contributed by atoms with Gasteiger partial charge in [0.05, 0.1) is 16.7 Å². The molecule has 1 unspecified atom stereocenters. The number of aromatic nitrogens is 2. The molecule has 17 nitrogen and oxygen atoms in total. The molecule has 1 aromatic heterocycles. The quantitative estimate of drug-likeness (QED) is 0.0426. The average molecular weight is 1140 g/mol. The Bertz CT molecular complexity index is 3290. The minimum absolute atomic E-state index is 0.0187. The van der Waals surface area contributed by atoms with Gasteiger partial charge in [-0.1, -0.05) is 93.4 Å². The number of likely N-dealkylation sites (N-methyl/N-ethyl adjacent to an activating group) is 1. The molecule has 2 saturated heterocycles. The van der Waals surface area contributed by atoms with Crippen molar-refractivity contribution in [2.24, 2.45) is 0 Å². The van der Waals surface area contributed by atoms with Gasteiger partial charge < -0.3 is 40.3 Å². The molecule has 0 spiro atoms. The first-order valence-corrected chi connectivity index (χ1v) is 27.6. The van der Waals surface area contributed by atoms with E-state index >= 15 is 4.39 Å². The second-order valence-electron chi connectivity index (χ2n) is 22.1. The summed E-state index contributed by atoms with van der Waals surface area (Å²) in [5, 5.41) is 24.5. The first kappa shape index (κ1) is 60.5. The SMILES string of the molecule is CC.CN(Cc1cc(CNC(=O)Nc2cc(Cl)cc(C(C)(C)CCOC(C)(C)CNc3nc(N4CCN(C(=O)OC(C)(C)C)CC4)c4cc(Cl)c(-c5cc(O)cc6ccccc56)c(F)c4n3)c2)ccc1C=O)C1CCC(=O)NC1=O. The fourth-order valence-corrected chi connectivity index (χ4v) is 10.2. The van der Waals surface area contributed by atoms with Gasteiger partial charge in [0.1, 0.15) is 29.0 Å². The fourth-order valence-electron chi connectivity index (χ4n) is 9.66. The van der Waals surface area contributed by atoms with Gasteiger partial charge in [-0.05, 0) is 129 Å². The van der Waals surface area contributed by atoms with E-state index in [1.54, 1.807) is 47.2 Å². The topological polar surface area (TPSA) is 208 Å². The Balaban J connectivity index is 0.00000457. The Labute approximate surface area is 476 Å². The number of nitrogens with zero attached hydrogens (tertiary/aromatic N) is 5. The van der Waals surface area contributed by atoms with Crippen LogP contribution in [0.1, 0.15) is 109 Å². The number of anilines is 3. The highest BCUT2D eigenvalue weighted by molar-refractivity contribution is 6.35. The Morgan fingerprint density at radius 1 is 0.925 bits per heavy atom. The van der Waals surface area contributed by atoms with E-state index in [-0.39, 0.29) is 65.7 Å². The third-order valence-electron chi connectivity index (χ3n) is 14.0. The Morgan fingerprint density at radius 3 is 2.35 bits per heavy atom. The molecule has 0 radical (unpaired) electrons. The van der Waals surface area contributed by atoms with E-state index in [4.69, 9.17) is 42.6 Å².